The number of carboxylic acids is 1. The largest absolute Gasteiger partial charge is 0.496 e. The lowest BCUT2D eigenvalue weighted by molar-refractivity contribution is 0.0696. The lowest BCUT2D eigenvalue weighted by Crippen LogP contribution is -1.98. The van der Waals surface area contributed by atoms with Crippen LogP contribution in [0.4, 0.5) is 0 Å². The quantitative estimate of drug-likeness (QED) is 0.936. The Morgan fingerprint density at radius 3 is 2.65 bits per heavy atom. The van der Waals surface area contributed by atoms with Crippen LogP contribution in [0.25, 0.3) is 11.1 Å². The van der Waals surface area contributed by atoms with Gasteiger partial charge in [-0.15, -0.1) is 0 Å². The van der Waals surface area contributed by atoms with E-state index >= 15 is 0 Å². The first-order chi connectivity index (χ1) is 9.56. The number of benzene rings is 2. The van der Waals surface area contributed by atoms with E-state index in [1.54, 1.807) is 24.3 Å². The van der Waals surface area contributed by atoms with Crippen molar-refractivity contribution < 1.29 is 14.6 Å². The van der Waals surface area contributed by atoms with Gasteiger partial charge in [-0.2, -0.15) is 5.26 Å². The molecule has 0 heterocycles. The van der Waals surface area contributed by atoms with Crippen LogP contribution >= 0.6 is 11.6 Å². The molecule has 0 fully saturated rings. The van der Waals surface area contributed by atoms with Crippen LogP contribution in [0.1, 0.15) is 15.9 Å². The highest BCUT2D eigenvalue weighted by molar-refractivity contribution is 6.31. The zero-order valence-corrected chi connectivity index (χ0v) is 11.3. The Balaban J connectivity index is 2.58. The minimum Gasteiger partial charge on any atom is -0.496 e. The molecule has 0 bridgehead atoms. The van der Waals surface area contributed by atoms with Gasteiger partial charge in [-0.3, -0.25) is 0 Å². The van der Waals surface area contributed by atoms with Crippen molar-refractivity contribution in [2.24, 2.45) is 0 Å². The number of nitrogens with zero attached hydrogens (tertiary/aromatic N) is 1. The number of halogens is 1. The van der Waals surface area contributed by atoms with Gasteiger partial charge in [0, 0.05) is 5.56 Å². The first-order valence-electron chi connectivity index (χ1n) is 5.68. The van der Waals surface area contributed by atoms with Crippen LogP contribution in [0.15, 0.2) is 36.4 Å². The Labute approximate surface area is 120 Å². The van der Waals surface area contributed by atoms with Crippen LogP contribution in [-0.2, 0) is 0 Å². The Kier molecular flexibility index (Phi) is 3.92. The fourth-order valence-corrected chi connectivity index (χ4v) is 2.00. The summed E-state index contributed by atoms with van der Waals surface area (Å²) in [5.41, 5.74) is 1.93. The molecule has 2 aromatic rings. The lowest BCUT2D eigenvalue weighted by Gasteiger charge is -2.10. The summed E-state index contributed by atoms with van der Waals surface area (Å²) in [6, 6.07) is 11.6. The average molecular weight is 288 g/mol. The molecule has 2 aromatic carbocycles. The van der Waals surface area contributed by atoms with Gasteiger partial charge in [0.15, 0.2) is 0 Å². The van der Waals surface area contributed by atoms with E-state index in [4.69, 9.17) is 26.7 Å². The molecule has 0 saturated heterocycles. The van der Waals surface area contributed by atoms with Crippen LogP contribution in [0.5, 0.6) is 5.75 Å². The summed E-state index contributed by atoms with van der Waals surface area (Å²) in [5.74, 6) is -0.597. The molecule has 0 saturated carbocycles. The number of methoxy groups -OCH3 is 1. The predicted octanol–water partition coefficient (Wildman–Crippen LogP) is 3.59. The second kappa shape index (κ2) is 5.64. The van der Waals surface area contributed by atoms with Crippen molar-refractivity contribution in [3.8, 4) is 22.9 Å². The summed E-state index contributed by atoms with van der Waals surface area (Å²) >= 11 is 5.89. The van der Waals surface area contributed by atoms with Crippen molar-refractivity contribution in [2.45, 2.75) is 0 Å². The first-order valence-corrected chi connectivity index (χ1v) is 6.06. The van der Waals surface area contributed by atoms with Crippen molar-refractivity contribution in [3.05, 3.63) is 52.5 Å². The molecule has 0 unspecified atom stereocenters. The van der Waals surface area contributed by atoms with E-state index in [0.717, 1.165) is 5.56 Å². The SMILES string of the molecule is COc1cc(C(=O)O)ccc1-c1ccc(Cl)c(C#N)c1. The lowest BCUT2D eigenvalue weighted by atomic mass is 10.0. The second-order valence-electron chi connectivity index (χ2n) is 4.03. The summed E-state index contributed by atoms with van der Waals surface area (Å²) in [6.07, 6.45) is 0. The van der Waals surface area contributed by atoms with Gasteiger partial charge >= 0.3 is 5.97 Å². The minimum absolute atomic E-state index is 0.139. The van der Waals surface area contributed by atoms with Crippen molar-refractivity contribution >= 4 is 17.6 Å². The monoisotopic (exact) mass is 287 g/mol. The average Bonchev–Trinajstić information content (AvgIpc) is 2.47. The normalized spacial score (nSPS) is 9.85. The molecule has 0 amide bonds. The molecule has 0 aromatic heterocycles. The van der Waals surface area contributed by atoms with E-state index in [9.17, 15) is 4.79 Å². The van der Waals surface area contributed by atoms with Crippen molar-refractivity contribution in [1.82, 2.24) is 0 Å². The Hall–Kier alpha value is -2.51. The maximum atomic E-state index is 10.9. The van der Waals surface area contributed by atoms with Crippen molar-refractivity contribution in [3.63, 3.8) is 0 Å². The van der Waals surface area contributed by atoms with Crippen molar-refractivity contribution in [1.29, 1.82) is 5.26 Å². The highest BCUT2D eigenvalue weighted by Crippen LogP contribution is 2.32. The third kappa shape index (κ3) is 2.58. The summed E-state index contributed by atoms with van der Waals surface area (Å²) in [6.45, 7) is 0. The number of rotatable bonds is 3. The van der Waals surface area contributed by atoms with Gasteiger partial charge < -0.3 is 9.84 Å². The van der Waals surface area contributed by atoms with Crippen LogP contribution in [0.3, 0.4) is 0 Å². The molecule has 0 aliphatic heterocycles. The van der Waals surface area contributed by atoms with Crippen molar-refractivity contribution in [2.75, 3.05) is 7.11 Å². The molecule has 0 radical (unpaired) electrons. The molecule has 0 spiro atoms. The molecule has 2 rings (SSSR count). The van der Waals surface area contributed by atoms with Crippen LogP contribution < -0.4 is 4.74 Å². The standard InChI is InChI=1S/C15H10ClNO3/c1-20-14-7-10(15(18)19)2-4-12(14)9-3-5-13(16)11(6-9)8-17/h2-7H,1H3,(H,18,19). The van der Waals surface area contributed by atoms with Crippen LogP contribution in [-0.4, -0.2) is 18.2 Å². The molecular formula is C15H10ClNO3. The van der Waals surface area contributed by atoms with E-state index in [1.165, 1.54) is 19.2 Å². The molecular weight excluding hydrogens is 278 g/mol. The van der Waals surface area contributed by atoms with Gasteiger partial charge in [-0.1, -0.05) is 17.7 Å². The fraction of sp³-hybridized carbons (Fsp3) is 0.0667. The molecule has 0 atom stereocenters. The number of carboxylic acid groups (broad SMARTS) is 1. The summed E-state index contributed by atoms with van der Waals surface area (Å²) < 4.78 is 5.22. The number of carbonyl (C=O) groups is 1. The molecule has 100 valence electrons. The summed E-state index contributed by atoms with van der Waals surface area (Å²) in [5, 5.41) is 18.3. The van der Waals surface area contributed by atoms with Gasteiger partial charge in [0.2, 0.25) is 0 Å². The van der Waals surface area contributed by atoms with E-state index in [0.29, 0.717) is 21.9 Å². The highest BCUT2D eigenvalue weighted by atomic mass is 35.5. The molecule has 0 aliphatic carbocycles. The van der Waals surface area contributed by atoms with Gasteiger partial charge in [0.05, 0.1) is 23.3 Å². The molecule has 1 N–H and O–H groups in total. The summed E-state index contributed by atoms with van der Waals surface area (Å²) in [4.78, 5) is 10.9. The van der Waals surface area contributed by atoms with E-state index < -0.39 is 5.97 Å². The molecule has 0 aliphatic rings. The maximum absolute atomic E-state index is 10.9. The second-order valence-corrected chi connectivity index (χ2v) is 4.43. The number of hydrogen-bond acceptors (Lipinski definition) is 3. The molecule has 20 heavy (non-hydrogen) atoms. The van der Waals surface area contributed by atoms with Gasteiger partial charge in [0.25, 0.3) is 0 Å². The zero-order chi connectivity index (χ0) is 14.7. The van der Waals surface area contributed by atoms with Gasteiger partial charge in [-0.25, -0.2) is 4.79 Å². The first kappa shape index (κ1) is 13.9. The van der Waals surface area contributed by atoms with Gasteiger partial charge in [-0.05, 0) is 35.9 Å². The highest BCUT2D eigenvalue weighted by Gasteiger charge is 2.12. The maximum Gasteiger partial charge on any atom is 0.335 e. The van der Waals surface area contributed by atoms with Gasteiger partial charge in [0.1, 0.15) is 11.8 Å². The Morgan fingerprint density at radius 1 is 1.30 bits per heavy atom. The fourth-order valence-electron chi connectivity index (χ4n) is 1.84. The smallest absolute Gasteiger partial charge is 0.335 e. The topological polar surface area (TPSA) is 70.3 Å². The molecule has 4 nitrogen and oxygen atoms in total. The predicted molar refractivity (Wildman–Crippen MR) is 75.1 cm³/mol. The van der Waals surface area contributed by atoms with E-state index in [2.05, 4.69) is 0 Å². The van der Waals surface area contributed by atoms with Crippen LogP contribution in [0, 0.1) is 11.3 Å². The third-order valence-electron chi connectivity index (χ3n) is 2.85. The zero-order valence-electron chi connectivity index (χ0n) is 10.6. The summed E-state index contributed by atoms with van der Waals surface area (Å²) in [7, 11) is 1.46. The minimum atomic E-state index is -1.02. The van der Waals surface area contributed by atoms with E-state index in [-0.39, 0.29) is 5.56 Å². The number of hydrogen-bond donors (Lipinski definition) is 1. The van der Waals surface area contributed by atoms with E-state index in [1.807, 2.05) is 6.07 Å². The Morgan fingerprint density at radius 2 is 2.05 bits per heavy atom. The number of aromatic carboxylic acids is 1. The molecule has 5 heteroatoms. The van der Waals surface area contributed by atoms with Crippen LogP contribution in [0.2, 0.25) is 5.02 Å². The number of nitriles is 1. The Bertz CT molecular complexity index is 720. The number of ether oxygens (including phenoxy) is 1. The third-order valence-corrected chi connectivity index (χ3v) is 3.18.